The first-order valence-corrected chi connectivity index (χ1v) is 11.7. The van der Waals surface area contributed by atoms with E-state index >= 15 is 0 Å². The zero-order valence-electron chi connectivity index (χ0n) is 16.9. The summed E-state index contributed by atoms with van der Waals surface area (Å²) in [7, 11) is -3.41. The van der Waals surface area contributed by atoms with Gasteiger partial charge in [-0.15, -0.1) is 0 Å². The Kier molecular flexibility index (Phi) is 6.15. The fourth-order valence-electron chi connectivity index (χ4n) is 3.61. The van der Waals surface area contributed by atoms with Crippen LogP contribution in [-0.4, -0.2) is 4.98 Å². The van der Waals surface area contributed by atoms with Crippen molar-refractivity contribution in [2.24, 2.45) is 0 Å². The molecule has 0 aliphatic rings. The van der Waals surface area contributed by atoms with Crippen LogP contribution in [0.2, 0.25) is 0 Å². The summed E-state index contributed by atoms with van der Waals surface area (Å²) in [6, 6.07) is 26.4. The van der Waals surface area contributed by atoms with Gasteiger partial charge >= 0.3 is 6.18 Å². The van der Waals surface area contributed by atoms with Gasteiger partial charge in [-0.2, -0.15) is 13.2 Å². The summed E-state index contributed by atoms with van der Waals surface area (Å²) in [4.78, 5) is 4.16. The maximum atomic E-state index is 14.9. The molecule has 0 fully saturated rings. The molecule has 1 atom stereocenters. The molecule has 0 bridgehead atoms. The minimum atomic E-state index is -4.48. The smallest absolute Gasteiger partial charge is 0.371 e. The number of aromatic nitrogens is 1. The van der Waals surface area contributed by atoms with Gasteiger partial charge in [0.1, 0.15) is 5.78 Å². The van der Waals surface area contributed by atoms with Crippen molar-refractivity contribution in [3.8, 4) is 0 Å². The standard InChI is InChI=1S/C25H20F3N2OP/c26-25(27,28)20-10-7-11-21(17-20)30-24(19-9-8-16-29-18-19)32(31,22-12-3-1-4-13-22)23-14-5-2-6-15-23/h1-18,24,30H. The number of nitrogens with one attached hydrogen (secondary N) is 1. The van der Waals surface area contributed by atoms with E-state index in [2.05, 4.69) is 10.3 Å². The number of alkyl halides is 3. The molecule has 1 heterocycles. The van der Waals surface area contributed by atoms with E-state index in [0.717, 1.165) is 12.1 Å². The molecule has 0 amide bonds. The van der Waals surface area contributed by atoms with E-state index in [1.807, 2.05) is 12.1 Å². The summed E-state index contributed by atoms with van der Waals surface area (Å²) < 4.78 is 54.8. The van der Waals surface area contributed by atoms with Gasteiger partial charge in [-0.3, -0.25) is 4.98 Å². The van der Waals surface area contributed by atoms with Crippen LogP contribution < -0.4 is 15.9 Å². The molecule has 7 heteroatoms. The molecular formula is C25H20F3N2OP. The summed E-state index contributed by atoms with van der Waals surface area (Å²) in [5.41, 5.74) is 0.0587. The molecule has 1 N–H and O–H groups in total. The van der Waals surface area contributed by atoms with E-state index in [1.165, 1.54) is 6.07 Å². The Labute approximate surface area is 184 Å². The highest BCUT2D eigenvalue weighted by Crippen LogP contribution is 2.57. The summed E-state index contributed by atoms with van der Waals surface area (Å²) in [5, 5.41) is 4.34. The van der Waals surface area contributed by atoms with Gasteiger partial charge < -0.3 is 9.88 Å². The molecular weight excluding hydrogens is 432 g/mol. The number of hydrogen-bond acceptors (Lipinski definition) is 3. The minimum Gasteiger partial charge on any atom is -0.371 e. The lowest BCUT2D eigenvalue weighted by Gasteiger charge is -2.30. The molecule has 32 heavy (non-hydrogen) atoms. The van der Waals surface area contributed by atoms with Crippen molar-refractivity contribution >= 4 is 23.4 Å². The van der Waals surface area contributed by atoms with Crippen LogP contribution in [0.1, 0.15) is 16.9 Å². The van der Waals surface area contributed by atoms with Crippen LogP contribution in [0, 0.1) is 0 Å². The first kappa shape index (κ1) is 21.8. The second kappa shape index (κ2) is 9.01. The van der Waals surface area contributed by atoms with E-state index in [9.17, 15) is 17.7 Å². The van der Waals surface area contributed by atoms with Crippen LogP contribution in [0.3, 0.4) is 0 Å². The quantitative estimate of drug-likeness (QED) is 0.353. The Morgan fingerprint density at radius 2 is 1.41 bits per heavy atom. The van der Waals surface area contributed by atoms with E-state index in [0.29, 0.717) is 16.2 Å². The SMILES string of the molecule is O=P(c1ccccc1)(c1ccccc1)C(Nc1cccc(C(F)(F)F)c1)c1cccnc1. The van der Waals surface area contributed by atoms with Crippen LogP contribution in [-0.2, 0) is 10.7 Å². The van der Waals surface area contributed by atoms with Crippen molar-refractivity contribution in [3.05, 3.63) is 121 Å². The number of halogens is 3. The van der Waals surface area contributed by atoms with Crippen molar-refractivity contribution in [3.63, 3.8) is 0 Å². The molecule has 0 aliphatic carbocycles. The highest BCUT2D eigenvalue weighted by Gasteiger charge is 2.38. The number of anilines is 1. The van der Waals surface area contributed by atoms with Crippen LogP contribution in [0.25, 0.3) is 0 Å². The second-order valence-electron chi connectivity index (χ2n) is 7.24. The molecule has 4 aromatic rings. The average molecular weight is 452 g/mol. The maximum Gasteiger partial charge on any atom is 0.416 e. The maximum absolute atomic E-state index is 14.9. The first-order valence-electron chi connectivity index (χ1n) is 9.94. The van der Waals surface area contributed by atoms with Crippen LogP contribution in [0.15, 0.2) is 109 Å². The lowest BCUT2D eigenvalue weighted by atomic mass is 10.2. The Hall–Kier alpha value is -3.37. The predicted molar refractivity (Wildman–Crippen MR) is 122 cm³/mol. The summed E-state index contributed by atoms with van der Waals surface area (Å²) in [6.45, 7) is 0. The largest absolute Gasteiger partial charge is 0.416 e. The van der Waals surface area contributed by atoms with E-state index in [1.54, 1.807) is 79.1 Å². The summed E-state index contributed by atoms with van der Waals surface area (Å²) in [5.74, 6) is -0.829. The van der Waals surface area contributed by atoms with Crippen molar-refractivity contribution in [2.45, 2.75) is 12.0 Å². The topological polar surface area (TPSA) is 42.0 Å². The molecule has 4 rings (SSSR count). The van der Waals surface area contributed by atoms with E-state index in [-0.39, 0.29) is 5.69 Å². The van der Waals surface area contributed by atoms with Crippen LogP contribution >= 0.6 is 7.14 Å². The molecule has 3 aromatic carbocycles. The van der Waals surface area contributed by atoms with Crippen molar-refractivity contribution < 1.29 is 17.7 Å². The van der Waals surface area contributed by atoms with Gasteiger partial charge in [0.05, 0.1) is 5.56 Å². The number of benzene rings is 3. The molecule has 162 valence electrons. The Bertz CT molecular complexity index is 1170. The van der Waals surface area contributed by atoms with Crippen LogP contribution in [0.5, 0.6) is 0 Å². The molecule has 0 aliphatic heterocycles. The van der Waals surface area contributed by atoms with Gasteiger partial charge in [-0.1, -0.05) is 72.8 Å². The Balaban J connectivity index is 1.90. The van der Waals surface area contributed by atoms with Crippen molar-refractivity contribution in [2.75, 3.05) is 5.32 Å². The molecule has 1 unspecified atom stereocenters. The zero-order chi connectivity index (χ0) is 22.6. The summed E-state index contributed by atoms with van der Waals surface area (Å²) >= 11 is 0. The second-order valence-corrected chi connectivity index (χ2v) is 10.1. The van der Waals surface area contributed by atoms with Crippen molar-refractivity contribution in [1.82, 2.24) is 4.98 Å². The molecule has 1 aromatic heterocycles. The first-order chi connectivity index (χ1) is 15.4. The highest BCUT2D eigenvalue weighted by atomic mass is 31.2. The lowest BCUT2D eigenvalue weighted by molar-refractivity contribution is -0.137. The fourth-order valence-corrected chi connectivity index (χ4v) is 6.64. The molecule has 0 saturated heterocycles. The Morgan fingerprint density at radius 3 is 1.94 bits per heavy atom. The number of pyridine rings is 1. The van der Waals surface area contributed by atoms with E-state index in [4.69, 9.17) is 0 Å². The molecule has 3 nitrogen and oxygen atoms in total. The third-order valence-corrected chi connectivity index (χ3v) is 8.42. The van der Waals surface area contributed by atoms with Crippen molar-refractivity contribution in [1.29, 1.82) is 0 Å². The molecule has 0 radical (unpaired) electrons. The Morgan fingerprint density at radius 1 is 0.781 bits per heavy atom. The number of hydrogen-bond donors (Lipinski definition) is 1. The lowest BCUT2D eigenvalue weighted by Crippen LogP contribution is -2.26. The predicted octanol–water partition coefficient (Wildman–Crippen LogP) is 6.23. The van der Waals surface area contributed by atoms with Gasteiger partial charge in [0.15, 0.2) is 7.14 Å². The monoisotopic (exact) mass is 452 g/mol. The fraction of sp³-hybridized carbons (Fsp3) is 0.0800. The third kappa shape index (κ3) is 4.46. The normalized spacial score (nSPS) is 12.8. The zero-order valence-corrected chi connectivity index (χ0v) is 17.8. The minimum absolute atomic E-state index is 0.223. The average Bonchev–Trinajstić information content (AvgIpc) is 2.83. The number of rotatable bonds is 6. The van der Waals surface area contributed by atoms with Crippen LogP contribution in [0.4, 0.5) is 18.9 Å². The van der Waals surface area contributed by atoms with Gasteiger partial charge in [-0.05, 0) is 24.3 Å². The molecule has 0 saturated carbocycles. The van der Waals surface area contributed by atoms with Gasteiger partial charge in [0, 0.05) is 34.3 Å². The van der Waals surface area contributed by atoms with Gasteiger partial charge in [0.2, 0.25) is 0 Å². The third-order valence-electron chi connectivity index (χ3n) is 5.14. The summed E-state index contributed by atoms with van der Waals surface area (Å²) in [6.07, 6.45) is -1.30. The molecule has 0 spiro atoms. The highest BCUT2D eigenvalue weighted by molar-refractivity contribution is 7.79. The van der Waals surface area contributed by atoms with Gasteiger partial charge in [-0.25, -0.2) is 0 Å². The van der Waals surface area contributed by atoms with E-state index < -0.39 is 24.7 Å². The number of nitrogens with zero attached hydrogens (tertiary/aromatic N) is 1. The van der Waals surface area contributed by atoms with Gasteiger partial charge in [0.25, 0.3) is 0 Å².